The van der Waals surface area contributed by atoms with Crippen LogP contribution in [-0.4, -0.2) is 49.5 Å². The van der Waals surface area contributed by atoms with E-state index in [9.17, 15) is 4.79 Å². The standard InChI is InChI=1S/C25H33N5O.HI/c1-26-25(28-22-12-15-29(16-13-22)23-9-3-2-4-10-23)27-18-20-7-5-8-21(17-20)19-30-14-6-11-24(30)31;/h2-5,7-10,17,22H,6,11-16,18-19H2,1H3,(H2,26,27,28);1H. The molecule has 7 heteroatoms. The number of nitrogens with one attached hydrogen (secondary N) is 2. The summed E-state index contributed by atoms with van der Waals surface area (Å²) in [6, 6.07) is 19.5. The molecule has 2 aliphatic heterocycles. The van der Waals surface area contributed by atoms with Gasteiger partial charge in [0.25, 0.3) is 0 Å². The molecule has 2 aromatic rings. The molecule has 32 heavy (non-hydrogen) atoms. The van der Waals surface area contributed by atoms with E-state index in [1.807, 2.05) is 11.9 Å². The molecule has 0 aromatic heterocycles. The second-order valence-electron chi connectivity index (χ2n) is 8.41. The fourth-order valence-corrected chi connectivity index (χ4v) is 4.42. The first-order valence-corrected chi connectivity index (χ1v) is 11.3. The summed E-state index contributed by atoms with van der Waals surface area (Å²) in [6.45, 7) is 4.40. The number of nitrogens with zero attached hydrogens (tertiary/aromatic N) is 3. The number of amides is 1. The highest BCUT2D eigenvalue weighted by molar-refractivity contribution is 14.0. The average molecular weight is 547 g/mol. The quantitative estimate of drug-likeness (QED) is 0.329. The topological polar surface area (TPSA) is 60.0 Å². The molecule has 0 atom stereocenters. The van der Waals surface area contributed by atoms with Crippen LogP contribution in [0, 0.1) is 0 Å². The van der Waals surface area contributed by atoms with Gasteiger partial charge in [0.1, 0.15) is 0 Å². The van der Waals surface area contributed by atoms with Gasteiger partial charge in [0.15, 0.2) is 5.96 Å². The summed E-state index contributed by atoms with van der Waals surface area (Å²) < 4.78 is 0. The van der Waals surface area contributed by atoms with Gasteiger partial charge in [-0.3, -0.25) is 9.79 Å². The maximum Gasteiger partial charge on any atom is 0.222 e. The van der Waals surface area contributed by atoms with Gasteiger partial charge in [-0.25, -0.2) is 0 Å². The van der Waals surface area contributed by atoms with Gasteiger partial charge in [0, 0.05) is 57.9 Å². The Morgan fingerprint density at radius 2 is 1.78 bits per heavy atom. The Morgan fingerprint density at radius 3 is 2.47 bits per heavy atom. The van der Waals surface area contributed by atoms with Crippen LogP contribution in [0.2, 0.25) is 0 Å². The van der Waals surface area contributed by atoms with E-state index in [1.54, 1.807) is 0 Å². The minimum absolute atomic E-state index is 0. The Balaban J connectivity index is 0.00000289. The predicted molar refractivity (Wildman–Crippen MR) is 142 cm³/mol. The molecule has 2 aromatic carbocycles. The molecule has 2 heterocycles. The van der Waals surface area contributed by atoms with Crippen LogP contribution < -0.4 is 15.5 Å². The largest absolute Gasteiger partial charge is 0.371 e. The van der Waals surface area contributed by atoms with Crippen molar-refractivity contribution in [1.29, 1.82) is 0 Å². The molecule has 0 unspecified atom stereocenters. The molecule has 1 amide bonds. The lowest BCUT2D eigenvalue weighted by Gasteiger charge is -2.34. The number of piperidine rings is 1. The van der Waals surface area contributed by atoms with Crippen molar-refractivity contribution in [1.82, 2.24) is 15.5 Å². The maximum absolute atomic E-state index is 11.9. The zero-order valence-electron chi connectivity index (χ0n) is 18.8. The number of rotatable bonds is 6. The van der Waals surface area contributed by atoms with Crippen molar-refractivity contribution in [2.24, 2.45) is 4.99 Å². The van der Waals surface area contributed by atoms with E-state index in [0.717, 1.165) is 44.9 Å². The number of guanidine groups is 1. The zero-order chi connectivity index (χ0) is 21.5. The third-order valence-electron chi connectivity index (χ3n) is 6.18. The lowest BCUT2D eigenvalue weighted by Crippen LogP contribution is -2.48. The third-order valence-corrected chi connectivity index (χ3v) is 6.18. The van der Waals surface area contributed by atoms with Crippen molar-refractivity contribution in [3.8, 4) is 0 Å². The summed E-state index contributed by atoms with van der Waals surface area (Å²) in [5.41, 5.74) is 3.69. The Kier molecular flexibility index (Phi) is 9.20. The maximum atomic E-state index is 11.9. The van der Waals surface area contributed by atoms with Crippen molar-refractivity contribution in [3.05, 3.63) is 65.7 Å². The van der Waals surface area contributed by atoms with Gasteiger partial charge in [-0.15, -0.1) is 24.0 Å². The Hall–Kier alpha value is -2.29. The second kappa shape index (κ2) is 12.1. The normalized spacial score (nSPS) is 17.3. The molecule has 6 nitrogen and oxygen atoms in total. The van der Waals surface area contributed by atoms with Crippen LogP contribution >= 0.6 is 24.0 Å². The Morgan fingerprint density at radius 1 is 1.03 bits per heavy atom. The molecule has 0 aliphatic carbocycles. The minimum atomic E-state index is 0. The fourth-order valence-electron chi connectivity index (χ4n) is 4.42. The summed E-state index contributed by atoms with van der Waals surface area (Å²) in [4.78, 5) is 20.7. The third kappa shape index (κ3) is 6.60. The van der Waals surface area contributed by atoms with Crippen molar-refractivity contribution in [2.75, 3.05) is 31.6 Å². The first kappa shape index (κ1) is 24.4. The van der Waals surface area contributed by atoms with E-state index in [-0.39, 0.29) is 29.9 Å². The highest BCUT2D eigenvalue weighted by Gasteiger charge is 2.21. The van der Waals surface area contributed by atoms with E-state index < -0.39 is 0 Å². The molecule has 0 bridgehead atoms. The summed E-state index contributed by atoms with van der Waals surface area (Å²) >= 11 is 0. The Bertz CT molecular complexity index is 896. The van der Waals surface area contributed by atoms with Crippen molar-refractivity contribution in [3.63, 3.8) is 0 Å². The smallest absolute Gasteiger partial charge is 0.222 e. The van der Waals surface area contributed by atoms with Crippen LogP contribution in [0.3, 0.4) is 0 Å². The zero-order valence-corrected chi connectivity index (χ0v) is 21.1. The lowest BCUT2D eigenvalue weighted by atomic mass is 10.0. The number of carbonyl (C=O) groups is 1. The average Bonchev–Trinajstić information content (AvgIpc) is 3.22. The summed E-state index contributed by atoms with van der Waals surface area (Å²) in [6.07, 6.45) is 3.85. The highest BCUT2D eigenvalue weighted by atomic mass is 127. The molecular formula is C25H34IN5O. The number of halogens is 1. The highest BCUT2D eigenvalue weighted by Crippen LogP contribution is 2.19. The number of carbonyl (C=O) groups excluding carboxylic acids is 1. The van der Waals surface area contributed by atoms with Gasteiger partial charge in [-0.2, -0.15) is 0 Å². The van der Waals surface area contributed by atoms with E-state index in [4.69, 9.17) is 0 Å². The molecule has 2 N–H and O–H groups in total. The first-order valence-electron chi connectivity index (χ1n) is 11.3. The number of anilines is 1. The predicted octanol–water partition coefficient (Wildman–Crippen LogP) is 3.76. The number of likely N-dealkylation sites (tertiary alicyclic amines) is 1. The van der Waals surface area contributed by atoms with E-state index in [0.29, 0.717) is 25.6 Å². The molecule has 2 fully saturated rings. The number of hydrogen-bond acceptors (Lipinski definition) is 3. The second-order valence-corrected chi connectivity index (χ2v) is 8.41. The van der Waals surface area contributed by atoms with Gasteiger partial charge >= 0.3 is 0 Å². The molecule has 2 saturated heterocycles. The van der Waals surface area contributed by atoms with Gasteiger partial charge in [-0.1, -0.05) is 42.5 Å². The molecule has 2 aliphatic rings. The van der Waals surface area contributed by atoms with Gasteiger partial charge in [0.05, 0.1) is 0 Å². The van der Waals surface area contributed by atoms with Crippen molar-refractivity contribution >= 4 is 41.5 Å². The number of benzene rings is 2. The van der Waals surface area contributed by atoms with Crippen LogP contribution in [0.15, 0.2) is 59.6 Å². The van der Waals surface area contributed by atoms with Crippen molar-refractivity contribution in [2.45, 2.75) is 44.8 Å². The van der Waals surface area contributed by atoms with E-state index in [1.165, 1.54) is 16.8 Å². The van der Waals surface area contributed by atoms with Crippen LogP contribution in [-0.2, 0) is 17.9 Å². The van der Waals surface area contributed by atoms with Gasteiger partial charge < -0.3 is 20.4 Å². The van der Waals surface area contributed by atoms with Gasteiger partial charge in [0.2, 0.25) is 5.91 Å². The van der Waals surface area contributed by atoms with Crippen LogP contribution in [0.25, 0.3) is 0 Å². The molecule has 0 saturated carbocycles. The lowest BCUT2D eigenvalue weighted by molar-refractivity contribution is -0.128. The Labute approximate surface area is 208 Å². The summed E-state index contributed by atoms with van der Waals surface area (Å²) in [5, 5.41) is 7.04. The number of hydrogen-bond donors (Lipinski definition) is 2. The molecule has 0 spiro atoms. The fraction of sp³-hybridized carbons (Fsp3) is 0.440. The van der Waals surface area contributed by atoms with Gasteiger partial charge in [-0.05, 0) is 42.5 Å². The molecular weight excluding hydrogens is 513 g/mol. The SMILES string of the molecule is CN=C(NCc1cccc(CN2CCCC2=O)c1)NC1CCN(c2ccccc2)CC1.I. The molecule has 4 rings (SSSR count). The monoisotopic (exact) mass is 547 g/mol. The summed E-state index contributed by atoms with van der Waals surface area (Å²) in [7, 11) is 1.82. The first-order chi connectivity index (χ1) is 15.2. The van der Waals surface area contributed by atoms with Crippen LogP contribution in [0.1, 0.15) is 36.8 Å². The number of para-hydroxylation sites is 1. The molecule has 172 valence electrons. The van der Waals surface area contributed by atoms with Crippen molar-refractivity contribution < 1.29 is 4.79 Å². The van der Waals surface area contributed by atoms with Crippen LogP contribution in [0.4, 0.5) is 5.69 Å². The minimum Gasteiger partial charge on any atom is -0.371 e. The molecule has 0 radical (unpaired) electrons. The van der Waals surface area contributed by atoms with E-state index in [2.05, 4.69) is 75.1 Å². The van der Waals surface area contributed by atoms with E-state index >= 15 is 0 Å². The van der Waals surface area contributed by atoms with Crippen LogP contribution in [0.5, 0.6) is 0 Å². The number of aliphatic imine (C=N–C) groups is 1. The summed E-state index contributed by atoms with van der Waals surface area (Å²) in [5.74, 6) is 1.12.